The Hall–Kier alpha value is -3.45. The predicted octanol–water partition coefficient (Wildman–Crippen LogP) is 7.18. The van der Waals surface area contributed by atoms with Crippen LogP contribution in [0.5, 0.6) is 11.5 Å². The molecule has 7 heteroatoms. The van der Waals surface area contributed by atoms with Crippen molar-refractivity contribution in [2.45, 2.75) is 52.6 Å². The normalized spacial score (nSPS) is 12.3. The number of rotatable bonds is 13. The molecule has 0 heterocycles. The first-order valence-electron chi connectivity index (χ1n) is 12.4. The molecule has 5 nitrogen and oxygen atoms in total. The van der Waals surface area contributed by atoms with Gasteiger partial charge in [0.25, 0.3) is 0 Å². The largest absolute Gasteiger partial charge is 0.491 e. The summed E-state index contributed by atoms with van der Waals surface area (Å²) in [6.45, 7) is 9.24. The molecule has 0 radical (unpaired) electrons. The minimum atomic E-state index is -3.85. The Morgan fingerprint density at radius 1 is 0.973 bits per heavy atom. The summed E-state index contributed by atoms with van der Waals surface area (Å²) in [5, 5.41) is 8.94. The van der Waals surface area contributed by atoms with Crippen LogP contribution in [-0.4, -0.2) is 36.8 Å². The molecular formula is C30H34F2O5. The van der Waals surface area contributed by atoms with Crippen molar-refractivity contribution in [2.75, 3.05) is 19.8 Å². The predicted molar refractivity (Wildman–Crippen MR) is 140 cm³/mol. The molecule has 0 aliphatic heterocycles. The second-order valence-corrected chi connectivity index (χ2v) is 8.83. The van der Waals surface area contributed by atoms with Crippen molar-refractivity contribution in [1.29, 1.82) is 0 Å². The van der Waals surface area contributed by atoms with Crippen LogP contribution in [0.3, 0.4) is 0 Å². The molecule has 0 bridgehead atoms. The minimum Gasteiger partial charge on any atom is -0.491 e. The highest BCUT2D eigenvalue weighted by Crippen LogP contribution is 2.38. The number of alkyl halides is 2. The highest BCUT2D eigenvalue weighted by molar-refractivity contribution is 5.77. The number of halogens is 2. The summed E-state index contributed by atoms with van der Waals surface area (Å²) in [6, 6.07) is 18.3. The number of benzene rings is 3. The van der Waals surface area contributed by atoms with Gasteiger partial charge in [-0.05, 0) is 73.2 Å². The van der Waals surface area contributed by atoms with E-state index in [4.69, 9.17) is 19.3 Å². The molecule has 37 heavy (non-hydrogen) atoms. The van der Waals surface area contributed by atoms with Crippen molar-refractivity contribution in [2.24, 2.45) is 0 Å². The summed E-state index contributed by atoms with van der Waals surface area (Å²) >= 11 is 0. The van der Waals surface area contributed by atoms with Crippen LogP contribution >= 0.6 is 0 Å². The van der Waals surface area contributed by atoms with Crippen molar-refractivity contribution in [3.05, 3.63) is 82.9 Å². The third-order valence-electron chi connectivity index (χ3n) is 6.42. The minimum absolute atomic E-state index is 0.00717. The fourth-order valence-electron chi connectivity index (χ4n) is 4.50. The molecule has 1 unspecified atom stereocenters. The molecule has 198 valence electrons. The van der Waals surface area contributed by atoms with E-state index in [1.807, 2.05) is 45.0 Å². The molecule has 0 saturated heterocycles. The van der Waals surface area contributed by atoms with Crippen LogP contribution in [0.25, 0.3) is 11.1 Å². The summed E-state index contributed by atoms with van der Waals surface area (Å²) in [6.07, 6.45) is -0.00717. The quantitative estimate of drug-likeness (QED) is 0.246. The molecular weight excluding hydrogens is 478 g/mol. The van der Waals surface area contributed by atoms with E-state index >= 15 is 0 Å². The first kappa shape index (κ1) is 28.1. The Bertz CT molecular complexity index is 1180. The Morgan fingerprint density at radius 2 is 1.65 bits per heavy atom. The van der Waals surface area contributed by atoms with E-state index in [1.54, 1.807) is 19.1 Å². The molecule has 0 aliphatic carbocycles. The van der Waals surface area contributed by atoms with Gasteiger partial charge in [-0.2, -0.15) is 8.78 Å². The van der Waals surface area contributed by atoms with Crippen LogP contribution in [0.2, 0.25) is 0 Å². The Labute approximate surface area is 217 Å². The Kier molecular flexibility index (Phi) is 9.64. The second kappa shape index (κ2) is 12.7. The molecule has 1 atom stereocenters. The number of carboxylic acid groups (broad SMARTS) is 1. The van der Waals surface area contributed by atoms with Gasteiger partial charge >= 0.3 is 11.9 Å². The zero-order chi connectivity index (χ0) is 27.0. The lowest BCUT2D eigenvalue weighted by atomic mass is 9.90. The van der Waals surface area contributed by atoms with Gasteiger partial charge in [0, 0.05) is 12.2 Å². The fraction of sp³-hybridized carbons (Fsp3) is 0.367. The number of ether oxygens (including phenoxy) is 3. The summed E-state index contributed by atoms with van der Waals surface area (Å²) in [5.74, 6) is -6.20. The van der Waals surface area contributed by atoms with Gasteiger partial charge in [-0.15, -0.1) is 0 Å². The van der Waals surface area contributed by atoms with Crippen LogP contribution in [0.4, 0.5) is 8.78 Å². The van der Waals surface area contributed by atoms with E-state index in [0.29, 0.717) is 31.3 Å². The standard InChI is InChI=1S/C30H34F2O5/c1-5-26(30(31,32)29(33)34)22-12-14-24(15-13-22)37-19-25-21(4)28(23-10-8-7-9-11-23)20(3)18-27(25)36-17-16-35-6-2/h7-15,18,26H,5-6,16-17,19H2,1-4H3,(H,33,34). The van der Waals surface area contributed by atoms with Gasteiger partial charge in [0.1, 0.15) is 24.7 Å². The second-order valence-electron chi connectivity index (χ2n) is 8.83. The number of hydrogen-bond donors (Lipinski definition) is 1. The number of aryl methyl sites for hydroxylation is 1. The van der Waals surface area contributed by atoms with Crippen molar-refractivity contribution in [3.63, 3.8) is 0 Å². The Morgan fingerprint density at radius 3 is 2.24 bits per heavy atom. The SMILES string of the molecule is CCOCCOc1cc(C)c(-c2ccccc2)c(C)c1COc1ccc(C(CC)C(F)(F)C(=O)O)cc1. The van der Waals surface area contributed by atoms with Gasteiger partial charge in [0.2, 0.25) is 0 Å². The van der Waals surface area contributed by atoms with Gasteiger partial charge < -0.3 is 19.3 Å². The molecule has 3 aromatic rings. The topological polar surface area (TPSA) is 65.0 Å². The Balaban J connectivity index is 1.87. The molecule has 1 N–H and O–H groups in total. The number of hydrogen-bond acceptors (Lipinski definition) is 4. The average Bonchev–Trinajstić information content (AvgIpc) is 2.88. The highest BCUT2D eigenvalue weighted by atomic mass is 19.3. The van der Waals surface area contributed by atoms with Crippen LogP contribution < -0.4 is 9.47 Å². The molecule has 0 amide bonds. The monoisotopic (exact) mass is 512 g/mol. The summed E-state index contributed by atoms with van der Waals surface area (Å²) < 4.78 is 45.9. The highest BCUT2D eigenvalue weighted by Gasteiger charge is 2.47. The lowest BCUT2D eigenvalue weighted by Crippen LogP contribution is -2.35. The van der Waals surface area contributed by atoms with Crippen LogP contribution in [0.15, 0.2) is 60.7 Å². The van der Waals surface area contributed by atoms with E-state index in [2.05, 4.69) is 12.1 Å². The molecule has 0 spiro atoms. The summed E-state index contributed by atoms with van der Waals surface area (Å²) in [5.41, 5.74) is 5.44. The average molecular weight is 513 g/mol. The van der Waals surface area contributed by atoms with Gasteiger partial charge in [-0.3, -0.25) is 0 Å². The fourth-order valence-corrected chi connectivity index (χ4v) is 4.50. The lowest BCUT2D eigenvalue weighted by Gasteiger charge is -2.23. The maximum absolute atomic E-state index is 14.2. The van der Waals surface area contributed by atoms with Gasteiger partial charge in [-0.1, -0.05) is 49.4 Å². The maximum atomic E-state index is 14.2. The van der Waals surface area contributed by atoms with E-state index in [1.165, 1.54) is 12.1 Å². The zero-order valence-corrected chi connectivity index (χ0v) is 21.7. The van der Waals surface area contributed by atoms with Crippen molar-refractivity contribution in [3.8, 4) is 22.6 Å². The van der Waals surface area contributed by atoms with E-state index in [9.17, 15) is 13.6 Å². The van der Waals surface area contributed by atoms with Gasteiger partial charge in [0.05, 0.1) is 12.5 Å². The van der Waals surface area contributed by atoms with E-state index in [-0.39, 0.29) is 18.6 Å². The van der Waals surface area contributed by atoms with Crippen molar-refractivity contribution >= 4 is 5.97 Å². The number of aliphatic carboxylic acids is 1. The molecule has 0 aliphatic rings. The third kappa shape index (κ3) is 6.66. The van der Waals surface area contributed by atoms with Crippen LogP contribution in [0, 0.1) is 13.8 Å². The molecule has 3 aromatic carbocycles. The van der Waals surface area contributed by atoms with E-state index in [0.717, 1.165) is 27.8 Å². The van der Waals surface area contributed by atoms with Crippen LogP contribution in [-0.2, 0) is 16.1 Å². The molecule has 3 rings (SSSR count). The maximum Gasteiger partial charge on any atom is 0.375 e. The summed E-state index contributed by atoms with van der Waals surface area (Å²) in [4.78, 5) is 11.1. The summed E-state index contributed by atoms with van der Waals surface area (Å²) in [7, 11) is 0. The van der Waals surface area contributed by atoms with Gasteiger partial charge in [0.15, 0.2) is 0 Å². The smallest absolute Gasteiger partial charge is 0.375 e. The van der Waals surface area contributed by atoms with Crippen LogP contribution in [0.1, 0.15) is 48.4 Å². The third-order valence-corrected chi connectivity index (χ3v) is 6.42. The first-order chi connectivity index (χ1) is 17.7. The first-order valence-corrected chi connectivity index (χ1v) is 12.4. The molecule has 0 aromatic heterocycles. The van der Waals surface area contributed by atoms with Crippen molar-refractivity contribution < 1.29 is 32.9 Å². The van der Waals surface area contributed by atoms with Crippen molar-refractivity contribution in [1.82, 2.24) is 0 Å². The lowest BCUT2D eigenvalue weighted by molar-refractivity contribution is -0.168. The molecule has 0 fully saturated rings. The van der Waals surface area contributed by atoms with E-state index < -0.39 is 17.8 Å². The number of carbonyl (C=O) groups is 1. The molecule has 0 saturated carbocycles. The number of carboxylic acids is 1. The van der Waals surface area contributed by atoms with Gasteiger partial charge in [-0.25, -0.2) is 4.79 Å². The zero-order valence-electron chi connectivity index (χ0n) is 21.7.